The lowest BCUT2D eigenvalue weighted by molar-refractivity contribution is 0.632. The highest BCUT2D eigenvalue weighted by atomic mass is 14.5. The molecule has 2 heteroatoms. The van der Waals surface area contributed by atoms with Crippen LogP contribution in [-0.4, -0.2) is 0 Å². The molecular weight excluding hydrogens is 160 g/mol. The van der Waals surface area contributed by atoms with E-state index in [0.717, 1.165) is 24.8 Å². The van der Waals surface area contributed by atoms with E-state index in [1.165, 1.54) is 0 Å². The van der Waals surface area contributed by atoms with Gasteiger partial charge in [-0.3, -0.25) is 0 Å². The molecule has 1 aliphatic carbocycles. The van der Waals surface area contributed by atoms with Gasteiger partial charge in [-0.05, 0) is 31.3 Å². The van der Waals surface area contributed by atoms with Crippen molar-refractivity contribution < 1.29 is 0 Å². The first-order valence-corrected chi connectivity index (χ1v) is 4.42. The SMILES string of the molecule is C=CC/C=C1\CCCC1(C#N)C#N. The van der Waals surface area contributed by atoms with Crippen LogP contribution in [0.2, 0.25) is 0 Å². The Morgan fingerprint density at radius 2 is 2.15 bits per heavy atom. The van der Waals surface area contributed by atoms with Crippen molar-refractivity contribution in [3.63, 3.8) is 0 Å². The molecule has 0 amide bonds. The maximum Gasteiger partial charge on any atom is 0.164 e. The van der Waals surface area contributed by atoms with E-state index in [1.807, 2.05) is 6.08 Å². The normalized spacial score (nSPS) is 22.2. The van der Waals surface area contributed by atoms with Crippen LogP contribution in [0.15, 0.2) is 24.3 Å². The molecule has 0 atom stereocenters. The fourth-order valence-electron chi connectivity index (χ4n) is 1.70. The van der Waals surface area contributed by atoms with Gasteiger partial charge in [-0.15, -0.1) is 6.58 Å². The van der Waals surface area contributed by atoms with Crippen LogP contribution in [0.1, 0.15) is 25.7 Å². The molecule has 0 N–H and O–H groups in total. The molecule has 1 saturated carbocycles. The topological polar surface area (TPSA) is 47.6 Å². The van der Waals surface area contributed by atoms with Crippen LogP contribution in [0, 0.1) is 28.1 Å². The molecule has 0 unspecified atom stereocenters. The minimum Gasteiger partial charge on any atom is -0.196 e. The van der Waals surface area contributed by atoms with E-state index in [9.17, 15) is 0 Å². The highest BCUT2D eigenvalue weighted by Gasteiger charge is 2.38. The average Bonchev–Trinajstić information content (AvgIpc) is 2.58. The standard InChI is InChI=1S/C11H12N2/c1-2-3-5-10-6-4-7-11(10,8-12)9-13/h2,5H,1,3-4,6-7H2/b10-5+. The Labute approximate surface area is 78.8 Å². The third-order valence-electron chi connectivity index (χ3n) is 2.46. The minimum atomic E-state index is -0.830. The molecular formula is C11H12N2. The molecule has 0 radical (unpaired) electrons. The zero-order chi connectivity index (χ0) is 9.73. The van der Waals surface area contributed by atoms with Gasteiger partial charge in [0.15, 0.2) is 5.41 Å². The van der Waals surface area contributed by atoms with Crippen molar-refractivity contribution in [2.24, 2.45) is 5.41 Å². The molecule has 0 spiro atoms. The van der Waals surface area contributed by atoms with Gasteiger partial charge in [-0.2, -0.15) is 10.5 Å². The van der Waals surface area contributed by atoms with Crippen LogP contribution >= 0.6 is 0 Å². The summed E-state index contributed by atoms with van der Waals surface area (Å²) in [6.07, 6.45) is 7.01. The fourth-order valence-corrected chi connectivity index (χ4v) is 1.70. The van der Waals surface area contributed by atoms with E-state index >= 15 is 0 Å². The van der Waals surface area contributed by atoms with Crippen LogP contribution < -0.4 is 0 Å². The van der Waals surface area contributed by atoms with Gasteiger partial charge in [-0.1, -0.05) is 12.2 Å². The lowest BCUT2D eigenvalue weighted by atomic mass is 9.85. The molecule has 0 aromatic rings. The Hall–Kier alpha value is -1.54. The summed E-state index contributed by atoms with van der Waals surface area (Å²) in [5.41, 5.74) is 0.153. The van der Waals surface area contributed by atoms with Crippen LogP contribution in [0.5, 0.6) is 0 Å². The fraction of sp³-hybridized carbons (Fsp3) is 0.455. The molecule has 0 aromatic heterocycles. The highest BCUT2D eigenvalue weighted by molar-refractivity contribution is 5.36. The molecule has 0 heterocycles. The first-order chi connectivity index (χ1) is 6.29. The Kier molecular flexibility index (Phi) is 2.88. The molecule has 1 fully saturated rings. The molecule has 0 aliphatic heterocycles. The summed E-state index contributed by atoms with van der Waals surface area (Å²) in [4.78, 5) is 0. The molecule has 0 bridgehead atoms. The van der Waals surface area contributed by atoms with E-state index in [2.05, 4.69) is 18.7 Å². The number of nitriles is 2. The van der Waals surface area contributed by atoms with Gasteiger partial charge in [0.25, 0.3) is 0 Å². The van der Waals surface area contributed by atoms with Gasteiger partial charge >= 0.3 is 0 Å². The van der Waals surface area contributed by atoms with Crippen molar-refractivity contribution >= 4 is 0 Å². The first-order valence-electron chi connectivity index (χ1n) is 4.42. The van der Waals surface area contributed by atoms with Crippen molar-refractivity contribution in [1.29, 1.82) is 10.5 Å². The summed E-state index contributed by atoms with van der Waals surface area (Å²) >= 11 is 0. The van der Waals surface area contributed by atoms with E-state index in [-0.39, 0.29) is 0 Å². The van der Waals surface area contributed by atoms with E-state index in [0.29, 0.717) is 6.42 Å². The zero-order valence-corrected chi connectivity index (χ0v) is 7.58. The molecule has 2 nitrogen and oxygen atoms in total. The molecule has 1 aliphatic rings. The summed E-state index contributed by atoms with van der Waals surface area (Å²) < 4.78 is 0. The van der Waals surface area contributed by atoms with E-state index < -0.39 is 5.41 Å². The quantitative estimate of drug-likeness (QED) is 0.601. The predicted molar refractivity (Wildman–Crippen MR) is 50.4 cm³/mol. The van der Waals surface area contributed by atoms with Crippen LogP contribution in [0.4, 0.5) is 0 Å². The van der Waals surface area contributed by atoms with E-state index in [4.69, 9.17) is 10.5 Å². The molecule has 0 saturated heterocycles. The lowest BCUT2D eigenvalue weighted by Crippen LogP contribution is -2.12. The molecule has 66 valence electrons. The number of rotatable bonds is 2. The van der Waals surface area contributed by atoms with Gasteiger partial charge < -0.3 is 0 Å². The van der Waals surface area contributed by atoms with Gasteiger partial charge in [0.05, 0.1) is 12.1 Å². The molecule has 0 aromatic carbocycles. The average molecular weight is 172 g/mol. The summed E-state index contributed by atoms with van der Waals surface area (Å²) in [5, 5.41) is 17.9. The lowest BCUT2D eigenvalue weighted by Gasteiger charge is -2.11. The third kappa shape index (κ3) is 1.63. The van der Waals surface area contributed by atoms with Crippen molar-refractivity contribution in [2.45, 2.75) is 25.7 Å². The Morgan fingerprint density at radius 1 is 1.46 bits per heavy atom. The van der Waals surface area contributed by atoms with Gasteiger partial charge in [0.1, 0.15) is 0 Å². The molecule has 13 heavy (non-hydrogen) atoms. The van der Waals surface area contributed by atoms with Crippen molar-refractivity contribution in [2.75, 3.05) is 0 Å². The summed E-state index contributed by atoms with van der Waals surface area (Å²) in [5.74, 6) is 0. The van der Waals surface area contributed by atoms with E-state index in [1.54, 1.807) is 6.08 Å². The van der Waals surface area contributed by atoms with Crippen LogP contribution in [0.3, 0.4) is 0 Å². The smallest absolute Gasteiger partial charge is 0.164 e. The van der Waals surface area contributed by atoms with Gasteiger partial charge in [0, 0.05) is 0 Å². The Bertz CT molecular complexity index is 298. The second-order valence-corrected chi connectivity index (χ2v) is 3.24. The maximum atomic E-state index is 8.95. The second-order valence-electron chi connectivity index (χ2n) is 3.24. The van der Waals surface area contributed by atoms with Crippen molar-refractivity contribution in [3.05, 3.63) is 24.3 Å². The maximum absolute atomic E-state index is 8.95. The van der Waals surface area contributed by atoms with Crippen molar-refractivity contribution in [1.82, 2.24) is 0 Å². The van der Waals surface area contributed by atoms with Crippen LogP contribution in [0.25, 0.3) is 0 Å². The minimum absolute atomic E-state index is 0.684. The second kappa shape index (κ2) is 3.92. The molecule has 1 rings (SSSR count). The number of hydrogen-bond donors (Lipinski definition) is 0. The monoisotopic (exact) mass is 172 g/mol. The van der Waals surface area contributed by atoms with Crippen LogP contribution in [-0.2, 0) is 0 Å². The largest absolute Gasteiger partial charge is 0.196 e. The summed E-state index contributed by atoms with van der Waals surface area (Å²) in [7, 11) is 0. The zero-order valence-electron chi connectivity index (χ0n) is 7.58. The number of allylic oxidation sites excluding steroid dienone is 3. The Balaban J connectivity index is 2.93. The summed E-state index contributed by atoms with van der Waals surface area (Å²) in [6.45, 7) is 3.61. The third-order valence-corrected chi connectivity index (χ3v) is 2.46. The van der Waals surface area contributed by atoms with Crippen molar-refractivity contribution in [3.8, 4) is 12.1 Å². The number of nitrogens with zero attached hydrogens (tertiary/aromatic N) is 2. The highest BCUT2D eigenvalue weighted by Crippen LogP contribution is 2.41. The summed E-state index contributed by atoms with van der Waals surface area (Å²) in [6, 6.07) is 4.24. The first kappa shape index (κ1) is 9.55. The van der Waals surface area contributed by atoms with Gasteiger partial charge in [-0.25, -0.2) is 0 Å². The predicted octanol–water partition coefficient (Wildman–Crippen LogP) is 2.71. The van der Waals surface area contributed by atoms with Gasteiger partial charge in [0.2, 0.25) is 0 Å². The Morgan fingerprint density at radius 3 is 2.69 bits per heavy atom. The number of hydrogen-bond acceptors (Lipinski definition) is 2.